The molecule has 2 N–H and O–H groups in total. The Balaban J connectivity index is 0.00000529. The van der Waals surface area contributed by atoms with Crippen LogP contribution < -0.4 is 15.4 Å². The van der Waals surface area contributed by atoms with Gasteiger partial charge < -0.3 is 20.1 Å². The molecule has 0 unspecified atom stereocenters. The van der Waals surface area contributed by atoms with Crippen molar-refractivity contribution in [2.75, 3.05) is 34.4 Å². The van der Waals surface area contributed by atoms with Gasteiger partial charge in [0.05, 0.1) is 12.7 Å². The third-order valence-electron chi connectivity index (χ3n) is 3.80. The van der Waals surface area contributed by atoms with E-state index in [9.17, 15) is 0 Å². The Bertz CT molecular complexity index is 476. The number of hydrogen-bond donors (Lipinski definition) is 2. The summed E-state index contributed by atoms with van der Waals surface area (Å²) in [6.07, 6.45) is 3.31. The molecule has 5 nitrogen and oxygen atoms in total. The minimum atomic E-state index is -0.202. The number of nitrogens with one attached hydrogen (secondary N) is 2. The molecule has 1 rings (SSSR count). The molecule has 0 saturated heterocycles. The maximum absolute atomic E-state index is 5.39. The fraction of sp³-hybridized carbons (Fsp3) is 0.611. The molecule has 0 amide bonds. The predicted molar refractivity (Wildman–Crippen MR) is 112 cm³/mol. The number of hydrogen-bond acceptors (Lipinski definition) is 3. The summed E-state index contributed by atoms with van der Waals surface area (Å²) in [4.78, 5) is 4.23. The zero-order valence-corrected chi connectivity index (χ0v) is 17.8. The lowest BCUT2D eigenvalue weighted by atomic mass is 10.1. The van der Waals surface area contributed by atoms with E-state index in [4.69, 9.17) is 9.47 Å². The molecule has 1 aromatic rings. The van der Waals surface area contributed by atoms with Gasteiger partial charge in [-0.05, 0) is 50.8 Å². The van der Waals surface area contributed by atoms with Crippen LogP contribution in [0.3, 0.4) is 0 Å². The van der Waals surface area contributed by atoms with Crippen LogP contribution in [0.1, 0.15) is 32.3 Å². The van der Waals surface area contributed by atoms with E-state index >= 15 is 0 Å². The van der Waals surface area contributed by atoms with Gasteiger partial charge in [0.15, 0.2) is 5.96 Å². The second kappa shape index (κ2) is 12.4. The van der Waals surface area contributed by atoms with Crippen LogP contribution in [0.15, 0.2) is 29.3 Å². The summed E-state index contributed by atoms with van der Waals surface area (Å²) in [7, 11) is 5.19. The number of benzene rings is 1. The standard InChI is InChI=1S/C18H31N3O2.HI/c1-18(2,23-5)14-21-17(19-3)20-13-7-6-8-15-9-11-16(22-4)12-10-15;/h9-12H,6-8,13-14H2,1-5H3,(H2,19,20,21);1H. The van der Waals surface area contributed by atoms with E-state index in [0.29, 0.717) is 0 Å². The minimum Gasteiger partial charge on any atom is -0.497 e. The first-order chi connectivity index (χ1) is 11.0. The van der Waals surface area contributed by atoms with E-state index in [1.807, 2.05) is 26.0 Å². The van der Waals surface area contributed by atoms with Crippen molar-refractivity contribution in [3.05, 3.63) is 29.8 Å². The lowest BCUT2D eigenvalue weighted by molar-refractivity contribution is 0.0268. The SMILES string of the molecule is CN=C(NCCCCc1ccc(OC)cc1)NCC(C)(C)OC.I. The Morgan fingerprint density at radius 1 is 1.08 bits per heavy atom. The van der Waals surface area contributed by atoms with Crippen molar-refractivity contribution in [1.82, 2.24) is 10.6 Å². The number of unbranched alkanes of at least 4 members (excludes halogenated alkanes) is 1. The second-order valence-electron chi connectivity index (χ2n) is 6.12. The Hall–Kier alpha value is -1.02. The fourth-order valence-electron chi connectivity index (χ4n) is 2.04. The molecule has 0 atom stereocenters. The van der Waals surface area contributed by atoms with Gasteiger partial charge in [-0.2, -0.15) is 0 Å². The maximum atomic E-state index is 5.39. The van der Waals surface area contributed by atoms with E-state index < -0.39 is 0 Å². The number of halogens is 1. The van der Waals surface area contributed by atoms with Gasteiger partial charge in [-0.15, -0.1) is 24.0 Å². The van der Waals surface area contributed by atoms with Gasteiger partial charge in [-0.3, -0.25) is 4.99 Å². The number of guanidine groups is 1. The normalized spacial score (nSPS) is 11.6. The fourth-order valence-corrected chi connectivity index (χ4v) is 2.04. The molecule has 0 fully saturated rings. The topological polar surface area (TPSA) is 54.9 Å². The lowest BCUT2D eigenvalue weighted by Crippen LogP contribution is -2.45. The average molecular weight is 449 g/mol. The summed E-state index contributed by atoms with van der Waals surface area (Å²) in [6, 6.07) is 8.27. The lowest BCUT2D eigenvalue weighted by Gasteiger charge is -2.24. The van der Waals surface area contributed by atoms with Crippen LogP contribution >= 0.6 is 24.0 Å². The van der Waals surface area contributed by atoms with E-state index in [-0.39, 0.29) is 29.6 Å². The zero-order valence-electron chi connectivity index (χ0n) is 15.5. The molecule has 0 radical (unpaired) electrons. The summed E-state index contributed by atoms with van der Waals surface area (Å²) in [5, 5.41) is 6.62. The molecule has 0 spiro atoms. The molecular weight excluding hydrogens is 417 g/mol. The molecule has 1 aromatic carbocycles. The zero-order chi connectivity index (χ0) is 17.1. The first-order valence-corrected chi connectivity index (χ1v) is 8.13. The van der Waals surface area contributed by atoms with Crippen LogP contribution in [0.2, 0.25) is 0 Å². The van der Waals surface area contributed by atoms with Crippen LogP contribution in [0, 0.1) is 0 Å². The number of nitrogens with zero attached hydrogens (tertiary/aromatic N) is 1. The smallest absolute Gasteiger partial charge is 0.191 e. The van der Waals surface area contributed by atoms with E-state index in [1.54, 1.807) is 21.3 Å². The van der Waals surface area contributed by atoms with Gasteiger partial charge in [-0.1, -0.05) is 12.1 Å². The van der Waals surface area contributed by atoms with Crippen LogP contribution in [-0.2, 0) is 11.2 Å². The summed E-state index contributed by atoms with van der Waals surface area (Å²) in [5.41, 5.74) is 1.14. The summed E-state index contributed by atoms with van der Waals surface area (Å²) in [6.45, 7) is 5.71. The highest BCUT2D eigenvalue weighted by Crippen LogP contribution is 2.13. The molecule has 0 aliphatic carbocycles. The average Bonchev–Trinajstić information content (AvgIpc) is 2.57. The van der Waals surface area contributed by atoms with Crippen LogP contribution in [0.5, 0.6) is 5.75 Å². The van der Waals surface area contributed by atoms with E-state index in [1.165, 1.54) is 5.56 Å². The maximum Gasteiger partial charge on any atom is 0.191 e. The van der Waals surface area contributed by atoms with Crippen LogP contribution in [0.25, 0.3) is 0 Å². The van der Waals surface area contributed by atoms with Crippen LogP contribution in [-0.4, -0.2) is 45.9 Å². The highest BCUT2D eigenvalue weighted by molar-refractivity contribution is 14.0. The molecule has 6 heteroatoms. The van der Waals surface area contributed by atoms with E-state index in [0.717, 1.165) is 44.1 Å². The molecule has 0 aliphatic rings. The van der Waals surface area contributed by atoms with Crippen molar-refractivity contribution in [3.8, 4) is 5.75 Å². The molecule has 24 heavy (non-hydrogen) atoms. The van der Waals surface area contributed by atoms with Crippen molar-refractivity contribution in [3.63, 3.8) is 0 Å². The van der Waals surface area contributed by atoms with Gasteiger partial charge >= 0.3 is 0 Å². The van der Waals surface area contributed by atoms with Crippen molar-refractivity contribution in [2.24, 2.45) is 4.99 Å². The van der Waals surface area contributed by atoms with Crippen molar-refractivity contribution < 1.29 is 9.47 Å². The van der Waals surface area contributed by atoms with Gasteiger partial charge in [0.2, 0.25) is 0 Å². The predicted octanol–water partition coefficient (Wildman–Crippen LogP) is 3.23. The molecule has 138 valence electrons. The Morgan fingerprint density at radius 2 is 1.75 bits per heavy atom. The number of ether oxygens (including phenoxy) is 2. The first-order valence-electron chi connectivity index (χ1n) is 8.13. The van der Waals surface area contributed by atoms with Crippen LogP contribution in [0.4, 0.5) is 0 Å². The summed E-state index contributed by atoms with van der Waals surface area (Å²) < 4.78 is 10.6. The number of rotatable bonds is 9. The first kappa shape index (κ1) is 23.0. The summed E-state index contributed by atoms with van der Waals surface area (Å²) in [5.74, 6) is 1.73. The molecule has 0 aliphatic heterocycles. The quantitative estimate of drug-likeness (QED) is 0.263. The minimum absolute atomic E-state index is 0. The van der Waals surface area contributed by atoms with E-state index in [2.05, 4.69) is 27.8 Å². The number of aryl methyl sites for hydroxylation is 1. The second-order valence-corrected chi connectivity index (χ2v) is 6.12. The third kappa shape index (κ3) is 9.32. The molecule has 0 bridgehead atoms. The van der Waals surface area contributed by atoms with Gasteiger partial charge in [-0.25, -0.2) is 0 Å². The molecule has 0 aromatic heterocycles. The Morgan fingerprint density at radius 3 is 2.29 bits per heavy atom. The monoisotopic (exact) mass is 449 g/mol. The number of methoxy groups -OCH3 is 2. The molecular formula is C18H32IN3O2. The van der Waals surface area contributed by atoms with Gasteiger partial charge in [0.25, 0.3) is 0 Å². The van der Waals surface area contributed by atoms with Gasteiger partial charge in [0.1, 0.15) is 5.75 Å². The summed E-state index contributed by atoms with van der Waals surface area (Å²) >= 11 is 0. The van der Waals surface area contributed by atoms with Crippen molar-refractivity contribution in [2.45, 2.75) is 38.7 Å². The Labute approximate surface area is 163 Å². The van der Waals surface area contributed by atoms with Gasteiger partial charge in [0, 0.05) is 27.2 Å². The Kier molecular flexibility index (Phi) is 11.8. The highest BCUT2D eigenvalue weighted by atomic mass is 127. The van der Waals surface area contributed by atoms with Crippen molar-refractivity contribution in [1.29, 1.82) is 0 Å². The number of aliphatic imine (C=N–C) groups is 1. The largest absolute Gasteiger partial charge is 0.497 e. The highest BCUT2D eigenvalue weighted by Gasteiger charge is 2.16. The molecule has 0 heterocycles. The third-order valence-corrected chi connectivity index (χ3v) is 3.80. The molecule has 0 saturated carbocycles. The van der Waals surface area contributed by atoms with Crippen molar-refractivity contribution >= 4 is 29.9 Å².